The summed E-state index contributed by atoms with van der Waals surface area (Å²) in [5, 5.41) is 9.24. The van der Waals surface area contributed by atoms with Crippen LogP contribution in [0.25, 0.3) is 0 Å². The van der Waals surface area contributed by atoms with E-state index in [-0.39, 0.29) is 12.5 Å². The molecular formula is C16H24N4O. The molecular weight excluding hydrogens is 264 g/mol. The van der Waals surface area contributed by atoms with E-state index in [9.17, 15) is 10.1 Å². The van der Waals surface area contributed by atoms with Gasteiger partial charge in [0, 0.05) is 18.8 Å². The van der Waals surface area contributed by atoms with Crippen LogP contribution < -0.4 is 5.73 Å². The van der Waals surface area contributed by atoms with E-state index in [1.54, 1.807) is 10.6 Å². The number of likely N-dealkylation sites (tertiary alicyclic amines) is 1. The van der Waals surface area contributed by atoms with Crippen LogP contribution in [-0.2, 0) is 17.8 Å². The maximum atomic E-state index is 12.5. The maximum Gasteiger partial charge on any atom is 0.242 e. The van der Waals surface area contributed by atoms with E-state index >= 15 is 0 Å². The highest BCUT2D eigenvalue weighted by Crippen LogP contribution is 2.21. The zero-order valence-electron chi connectivity index (χ0n) is 12.9. The quantitative estimate of drug-likeness (QED) is 0.922. The normalized spacial score (nSPS) is 18.5. The Morgan fingerprint density at radius 3 is 2.95 bits per heavy atom. The van der Waals surface area contributed by atoms with Crippen LogP contribution in [-0.4, -0.2) is 28.5 Å². The Kier molecular flexibility index (Phi) is 4.89. The fraction of sp³-hybridized carbons (Fsp3) is 0.625. The van der Waals surface area contributed by atoms with E-state index in [0.29, 0.717) is 17.3 Å². The summed E-state index contributed by atoms with van der Waals surface area (Å²) in [6, 6.07) is 3.82. The fourth-order valence-electron chi connectivity index (χ4n) is 3.05. The molecule has 0 radical (unpaired) electrons. The molecule has 0 spiro atoms. The summed E-state index contributed by atoms with van der Waals surface area (Å²) < 4.78 is 1.79. The first-order chi connectivity index (χ1) is 10.1. The minimum atomic E-state index is 0.0889. The molecule has 21 heavy (non-hydrogen) atoms. The number of hydrogen-bond acceptors (Lipinski definition) is 3. The van der Waals surface area contributed by atoms with Gasteiger partial charge in [-0.05, 0) is 31.2 Å². The summed E-state index contributed by atoms with van der Waals surface area (Å²) in [5.74, 6) is 0.647. The molecule has 1 amide bonds. The van der Waals surface area contributed by atoms with Gasteiger partial charge in [-0.2, -0.15) is 5.26 Å². The Morgan fingerprint density at radius 1 is 1.57 bits per heavy atom. The summed E-state index contributed by atoms with van der Waals surface area (Å²) in [4.78, 5) is 14.4. The van der Waals surface area contributed by atoms with Crippen LogP contribution in [0.4, 0.5) is 5.69 Å². The highest BCUT2D eigenvalue weighted by molar-refractivity contribution is 5.77. The Labute approximate surface area is 126 Å². The second-order valence-electron chi connectivity index (χ2n) is 5.97. The molecule has 0 aromatic carbocycles. The van der Waals surface area contributed by atoms with Gasteiger partial charge >= 0.3 is 0 Å². The third-order valence-corrected chi connectivity index (χ3v) is 4.15. The van der Waals surface area contributed by atoms with E-state index in [2.05, 4.69) is 19.9 Å². The van der Waals surface area contributed by atoms with Crippen molar-refractivity contribution in [1.82, 2.24) is 9.47 Å². The summed E-state index contributed by atoms with van der Waals surface area (Å²) in [7, 11) is 0. The molecule has 1 fully saturated rings. The summed E-state index contributed by atoms with van der Waals surface area (Å²) in [6.45, 7) is 6.11. The number of rotatable bonds is 4. The number of carbonyl (C=O) groups excluding carboxylic acids is 1. The van der Waals surface area contributed by atoms with Crippen molar-refractivity contribution >= 4 is 11.6 Å². The molecule has 2 rings (SSSR count). The lowest BCUT2D eigenvalue weighted by molar-refractivity contribution is -0.133. The van der Waals surface area contributed by atoms with E-state index in [1.807, 2.05) is 4.90 Å². The average molecular weight is 288 g/mol. The van der Waals surface area contributed by atoms with Crippen molar-refractivity contribution in [3.05, 3.63) is 17.5 Å². The standard InChI is InChI=1S/C16H24N4O/c1-3-5-15-14(18)8-13(9-17)20(15)11-16(21)19-7-4-6-12(2)10-19/h8,12H,3-7,10-11,18H2,1-2H3. The SMILES string of the molecule is CCCc1c(N)cc(C#N)n1CC(=O)N1CCCC(C)C1. The van der Waals surface area contributed by atoms with Gasteiger partial charge in [0.25, 0.3) is 0 Å². The van der Waals surface area contributed by atoms with Crippen molar-refractivity contribution in [2.45, 2.75) is 46.1 Å². The number of carbonyl (C=O) groups is 1. The monoisotopic (exact) mass is 288 g/mol. The van der Waals surface area contributed by atoms with Gasteiger partial charge in [0.2, 0.25) is 5.91 Å². The number of anilines is 1. The molecule has 0 saturated carbocycles. The fourth-order valence-corrected chi connectivity index (χ4v) is 3.05. The van der Waals surface area contributed by atoms with Gasteiger partial charge in [0.1, 0.15) is 18.3 Å². The van der Waals surface area contributed by atoms with Gasteiger partial charge in [-0.1, -0.05) is 20.3 Å². The van der Waals surface area contributed by atoms with E-state index in [1.165, 1.54) is 6.42 Å². The first-order valence-electron chi connectivity index (χ1n) is 7.72. The topological polar surface area (TPSA) is 75.0 Å². The molecule has 2 N–H and O–H groups in total. The zero-order valence-corrected chi connectivity index (χ0v) is 12.9. The zero-order chi connectivity index (χ0) is 15.4. The molecule has 1 aliphatic heterocycles. The number of nitriles is 1. The van der Waals surface area contributed by atoms with Gasteiger partial charge in [-0.3, -0.25) is 4.79 Å². The molecule has 2 heterocycles. The Balaban J connectivity index is 2.18. The molecule has 1 aromatic rings. The van der Waals surface area contributed by atoms with Crippen molar-refractivity contribution in [3.63, 3.8) is 0 Å². The molecule has 1 saturated heterocycles. The largest absolute Gasteiger partial charge is 0.397 e. The third kappa shape index (κ3) is 3.38. The van der Waals surface area contributed by atoms with Gasteiger partial charge in [-0.15, -0.1) is 0 Å². The summed E-state index contributed by atoms with van der Waals surface area (Å²) in [6.07, 6.45) is 3.98. The average Bonchev–Trinajstić information content (AvgIpc) is 2.76. The molecule has 114 valence electrons. The van der Waals surface area contributed by atoms with Gasteiger partial charge in [-0.25, -0.2) is 0 Å². The van der Waals surface area contributed by atoms with Crippen molar-refractivity contribution in [3.8, 4) is 6.07 Å². The third-order valence-electron chi connectivity index (χ3n) is 4.15. The minimum absolute atomic E-state index is 0.0889. The molecule has 0 bridgehead atoms. The minimum Gasteiger partial charge on any atom is -0.397 e. The molecule has 5 heteroatoms. The Hall–Kier alpha value is -1.96. The number of nitrogen functional groups attached to an aromatic ring is 1. The first kappa shape index (κ1) is 15.4. The van der Waals surface area contributed by atoms with Crippen molar-refractivity contribution in [1.29, 1.82) is 5.26 Å². The van der Waals surface area contributed by atoms with E-state index in [0.717, 1.165) is 38.0 Å². The van der Waals surface area contributed by atoms with Crippen molar-refractivity contribution < 1.29 is 4.79 Å². The highest BCUT2D eigenvalue weighted by atomic mass is 16.2. The van der Waals surface area contributed by atoms with Crippen LogP contribution >= 0.6 is 0 Å². The first-order valence-corrected chi connectivity index (χ1v) is 7.72. The number of aromatic nitrogens is 1. The van der Waals surface area contributed by atoms with Crippen LogP contribution in [0.15, 0.2) is 6.07 Å². The Bertz CT molecular complexity index is 555. The number of hydrogen-bond donors (Lipinski definition) is 1. The second kappa shape index (κ2) is 6.66. The lowest BCUT2D eigenvalue weighted by Gasteiger charge is -2.31. The molecule has 1 atom stereocenters. The van der Waals surface area contributed by atoms with Crippen molar-refractivity contribution in [2.24, 2.45) is 5.92 Å². The van der Waals surface area contributed by atoms with Gasteiger partial charge in [0.15, 0.2) is 0 Å². The summed E-state index contributed by atoms with van der Waals surface area (Å²) in [5.41, 5.74) is 7.99. The molecule has 0 aliphatic carbocycles. The van der Waals surface area contributed by atoms with Gasteiger partial charge < -0.3 is 15.2 Å². The van der Waals surface area contributed by atoms with E-state index in [4.69, 9.17) is 5.73 Å². The molecule has 1 unspecified atom stereocenters. The van der Waals surface area contributed by atoms with Crippen molar-refractivity contribution in [2.75, 3.05) is 18.8 Å². The number of piperidine rings is 1. The predicted molar refractivity (Wildman–Crippen MR) is 82.5 cm³/mol. The van der Waals surface area contributed by atoms with Crippen LogP contribution in [0.2, 0.25) is 0 Å². The molecule has 5 nitrogen and oxygen atoms in total. The molecule has 1 aliphatic rings. The van der Waals surface area contributed by atoms with Gasteiger partial charge in [0.05, 0.1) is 5.69 Å². The maximum absolute atomic E-state index is 12.5. The summed E-state index contributed by atoms with van der Waals surface area (Å²) >= 11 is 0. The highest BCUT2D eigenvalue weighted by Gasteiger charge is 2.23. The predicted octanol–water partition coefficient (Wildman–Crippen LogP) is 2.15. The van der Waals surface area contributed by atoms with Crippen LogP contribution in [0.1, 0.15) is 44.5 Å². The lowest BCUT2D eigenvalue weighted by Crippen LogP contribution is -2.41. The number of nitrogens with zero attached hydrogens (tertiary/aromatic N) is 3. The van der Waals surface area contributed by atoms with Crippen LogP contribution in [0, 0.1) is 17.2 Å². The smallest absolute Gasteiger partial charge is 0.242 e. The van der Waals surface area contributed by atoms with Crippen LogP contribution in [0.3, 0.4) is 0 Å². The van der Waals surface area contributed by atoms with Crippen LogP contribution in [0.5, 0.6) is 0 Å². The van der Waals surface area contributed by atoms with E-state index < -0.39 is 0 Å². The molecule has 1 aromatic heterocycles. The second-order valence-corrected chi connectivity index (χ2v) is 5.97. The number of nitrogens with two attached hydrogens (primary N) is 1. The lowest BCUT2D eigenvalue weighted by atomic mass is 10.0. The Morgan fingerprint density at radius 2 is 2.33 bits per heavy atom. The number of amides is 1.